The van der Waals surface area contributed by atoms with Gasteiger partial charge in [-0.1, -0.05) is 40.2 Å². The second-order valence-electron chi connectivity index (χ2n) is 7.74. The molecule has 0 radical (unpaired) electrons. The highest BCUT2D eigenvalue weighted by Gasteiger charge is 2.25. The number of amides is 1. The van der Waals surface area contributed by atoms with Gasteiger partial charge < -0.3 is 10.4 Å². The molecule has 12 heteroatoms. The number of hydrogen-bond donors (Lipinski definition) is 3. The Hall–Kier alpha value is -3.35. The Labute approximate surface area is 213 Å². The molecule has 0 aliphatic rings. The molecule has 4 aromatic rings. The number of carboxylic acid groups (broad SMARTS) is 1. The number of fused-ring (bicyclic) bond motifs is 1. The molecule has 180 valence electrons. The molecule has 3 N–H and O–H groups in total. The average molecular weight is 575 g/mol. The Morgan fingerprint density at radius 2 is 1.86 bits per heavy atom. The van der Waals surface area contributed by atoms with Crippen LogP contribution in [0.2, 0.25) is 0 Å². The summed E-state index contributed by atoms with van der Waals surface area (Å²) in [6.45, 7) is 1.75. The summed E-state index contributed by atoms with van der Waals surface area (Å²) < 4.78 is 37.8. The van der Waals surface area contributed by atoms with Crippen LogP contribution in [0.4, 0.5) is 5.69 Å². The number of nitrogens with one attached hydrogen (secondary N) is 2. The highest BCUT2D eigenvalue weighted by Crippen LogP contribution is 2.26. The topological polar surface area (TPSA) is 138 Å². The zero-order chi connectivity index (χ0) is 25.2. The van der Waals surface area contributed by atoms with Crippen molar-refractivity contribution in [2.24, 2.45) is 0 Å². The van der Waals surface area contributed by atoms with Crippen LogP contribution >= 0.6 is 27.7 Å². The SMILES string of the molecule is Cc1ccc(C(=O)N[C@H](Cc2cccc(Br)c2)C(=O)O)c(NS(=O)(=O)c2cccc3nsnc23)c1. The fourth-order valence-corrected chi connectivity index (χ4v) is 5.76. The molecule has 0 fully saturated rings. The number of aromatic nitrogens is 2. The van der Waals surface area contributed by atoms with E-state index >= 15 is 0 Å². The van der Waals surface area contributed by atoms with Crippen molar-refractivity contribution in [3.05, 3.63) is 81.8 Å². The van der Waals surface area contributed by atoms with Crippen LogP contribution in [0.15, 0.2) is 70.0 Å². The van der Waals surface area contributed by atoms with Gasteiger partial charge in [0.2, 0.25) is 0 Å². The van der Waals surface area contributed by atoms with Crippen LogP contribution in [0.5, 0.6) is 0 Å². The predicted octanol–water partition coefficient (Wildman–Crippen LogP) is 3.99. The van der Waals surface area contributed by atoms with Gasteiger partial charge in [0.05, 0.1) is 23.0 Å². The van der Waals surface area contributed by atoms with Gasteiger partial charge in [-0.25, -0.2) is 13.2 Å². The molecule has 1 atom stereocenters. The van der Waals surface area contributed by atoms with Gasteiger partial charge in [-0.2, -0.15) is 8.75 Å². The standard InChI is InChI=1S/C23H19BrN4O5S2/c1-13-8-9-16(22(29)25-19(23(30)31)12-14-4-2-5-15(24)11-14)18(10-13)28-35(32,33)20-7-3-6-17-21(20)27-34-26-17/h2-11,19,28H,12H2,1H3,(H,25,29)(H,30,31)/t19-/m1/s1. The number of sulfonamides is 1. The van der Waals surface area contributed by atoms with Gasteiger partial charge in [-0.15, -0.1) is 0 Å². The molecule has 3 aromatic carbocycles. The van der Waals surface area contributed by atoms with Crippen LogP contribution in [0.1, 0.15) is 21.5 Å². The van der Waals surface area contributed by atoms with E-state index in [1.165, 1.54) is 18.2 Å². The summed E-state index contributed by atoms with van der Waals surface area (Å²) in [6.07, 6.45) is 0.0479. The van der Waals surface area contributed by atoms with Gasteiger partial charge in [0.25, 0.3) is 15.9 Å². The maximum Gasteiger partial charge on any atom is 0.326 e. The van der Waals surface area contributed by atoms with E-state index in [0.717, 1.165) is 16.2 Å². The molecule has 9 nitrogen and oxygen atoms in total. The lowest BCUT2D eigenvalue weighted by Gasteiger charge is -2.17. The van der Waals surface area contributed by atoms with E-state index in [-0.39, 0.29) is 28.1 Å². The molecular weight excluding hydrogens is 556 g/mol. The second-order valence-corrected chi connectivity index (χ2v) is 10.8. The van der Waals surface area contributed by atoms with Crippen molar-refractivity contribution in [3.8, 4) is 0 Å². The van der Waals surface area contributed by atoms with Crippen LogP contribution in [-0.4, -0.2) is 40.2 Å². The Bertz CT molecular complexity index is 1540. The first-order valence-corrected chi connectivity index (χ1v) is 13.3. The van der Waals surface area contributed by atoms with Crippen molar-refractivity contribution in [2.75, 3.05) is 4.72 Å². The van der Waals surface area contributed by atoms with Crippen LogP contribution in [0.3, 0.4) is 0 Å². The molecule has 0 aliphatic carbocycles. The van der Waals surface area contributed by atoms with E-state index < -0.39 is 27.9 Å². The minimum Gasteiger partial charge on any atom is -0.480 e. The minimum atomic E-state index is -4.13. The Morgan fingerprint density at radius 3 is 2.60 bits per heavy atom. The number of anilines is 1. The summed E-state index contributed by atoms with van der Waals surface area (Å²) in [7, 11) is -4.13. The molecule has 1 heterocycles. The van der Waals surface area contributed by atoms with Crippen molar-refractivity contribution >= 4 is 66.3 Å². The molecular formula is C23H19BrN4O5S2. The van der Waals surface area contributed by atoms with E-state index in [0.29, 0.717) is 16.6 Å². The summed E-state index contributed by atoms with van der Waals surface area (Å²) in [5.74, 6) is -1.94. The number of carbonyl (C=O) groups excluding carboxylic acids is 1. The highest BCUT2D eigenvalue weighted by molar-refractivity contribution is 9.10. The lowest BCUT2D eigenvalue weighted by Crippen LogP contribution is -2.42. The van der Waals surface area contributed by atoms with Crippen LogP contribution in [0.25, 0.3) is 11.0 Å². The fourth-order valence-electron chi connectivity index (χ4n) is 3.47. The maximum atomic E-state index is 13.2. The molecule has 35 heavy (non-hydrogen) atoms. The van der Waals surface area contributed by atoms with Gasteiger partial charge in [-0.3, -0.25) is 9.52 Å². The van der Waals surface area contributed by atoms with Crippen molar-refractivity contribution in [1.82, 2.24) is 14.1 Å². The zero-order valence-electron chi connectivity index (χ0n) is 18.2. The fraction of sp³-hybridized carbons (Fsp3) is 0.130. The number of carbonyl (C=O) groups is 2. The number of benzene rings is 3. The first-order chi connectivity index (χ1) is 16.6. The monoisotopic (exact) mass is 574 g/mol. The molecule has 0 saturated carbocycles. The molecule has 0 aliphatic heterocycles. The summed E-state index contributed by atoms with van der Waals surface area (Å²) in [4.78, 5) is 24.9. The second kappa shape index (κ2) is 10.1. The molecule has 0 unspecified atom stereocenters. The number of aryl methyl sites for hydroxylation is 1. The maximum absolute atomic E-state index is 13.2. The van der Waals surface area contributed by atoms with Crippen molar-refractivity contribution in [2.45, 2.75) is 24.3 Å². The van der Waals surface area contributed by atoms with E-state index in [9.17, 15) is 23.1 Å². The van der Waals surface area contributed by atoms with Crippen LogP contribution in [0, 0.1) is 6.92 Å². The largest absolute Gasteiger partial charge is 0.480 e. The smallest absolute Gasteiger partial charge is 0.326 e. The third-order valence-electron chi connectivity index (χ3n) is 5.13. The molecule has 0 bridgehead atoms. The molecule has 1 aromatic heterocycles. The normalized spacial score (nSPS) is 12.3. The number of halogens is 1. The van der Waals surface area contributed by atoms with Gasteiger partial charge in [0, 0.05) is 10.9 Å². The van der Waals surface area contributed by atoms with Crippen molar-refractivity contribution in [1.29, 1.82) is 0 Å². The van der Waals surface area contributed by atoms with E-state index in [1.807, 2.05) is 6.07 Å². The Balaban J connectivity index is 1.63. The summed E-state index contributed by atoms with van der Waals surface area (Å²) in [6, 6.07) is 15.1. The van der Waals surface area contributed by atoms with Crippen LogP contribution in [-0.2, 0) is 21.2 Å². The molecule has 0 spiro atoms. The van der Waals surface area contributed by atoms with Gasteiger partial charge in [0.15, 0.2) is 0 Å². The lowest BCUT2D eigenvalue weighted by atomic mass is 10.0. The first-order valence-electron chi connectivity index (χ1n) is 10.3. The van der Waals surface area contributed by atoms with E-state index in [4.69, 9.17) is 0 Å². The zero-order valence-corrected chi connectivity index (χ0v) is 21.4. The molecule has 4 rings (SSSR count). The third kappa shape index (κ3) is 5.66. The van der Waals surface area contributed by atoms with Crippen molar-refractivity contribution in [3.63, 3.8) is 0 Å². The average Bonchev–Trinajstić information content (AvgIpc) is 3.27. The lowest BCUT2D eigenvalue weighted by molar-refractivity contribution is -0.139. The Kier molecular flexibility index (Phi) is 7.15. The van der Waals surface area contributed by atoms with Gasteiger partial charge in [-0.05, 0) is 54.4 Å². The molecule has 1 amide bonds. The third-order valence-corrected chi connectivity index (χ3v) is 7.57. The van der Waals surface area contributed by atoms with Crippen LogP contribution < -0.4 is 10.0 Å². The number of carboxylic acids is 1. The summed E-state index contributed by atoms with van der Waals surface area (Å²) in [5, 5.41) is 12.2. The minimum absolute atomic E-state index is 0.0109. The highest BCUT2D eigenvalue weighted by atomic mass is 79.9. The van der Waals surface area contributed by atoms with Gasteiger partial charge in [0.1, 0.15) is 22.0 Å². The summed E-state index contributed by atoms with van der Waals surface area (Å²) in [5.41, 5.74) is 2.09. The number of aliphatic carboxylic acids is 1. The quantitative estimate of drug-likeness (QED) is 0.289. The molecule has 0 saturated heterocycles. The first kappa shape index (κ1) is 24.8. The number of rotatable bonds is 8. The summed E-state index contributed by atoms with van der Waals surface area (Å²) >= 11 is 4.24. The predicted molar refractivity (Wildman–Crippen MR) is 136 cm³/mol. The van der Waals surface area contributed by atoms with Crippen molar-refractivity contribution < 1.29 is 23.1 Å². The number of nitrogens with zero attached hydrogens (tertiary/aromatic N) is 2. The van der Waals surface area contributed by atoms with E-state index in [2.05, 4.69) is 34.7 Å². The van der Waals surface area contributed by atoms with Gasteiger partial charge >= 0.3 is 5.97 Å². The van der Waals surface area contributed by atoms with E-state index in [1.54, 1.807) is 43.3 Å². The Morgan fingerprint density at radius 1 is 1.09 bits per heavy atom. The number of hydrogen-bond acceptors (Lipinski definition) is 7.